The molecule has 0 unspecified atom stereocenters. The van der Waals surface area contributed by atoms with Crippen molar-refractivity contribution in [2.24, 2.45) is 0 Å². The Morgan fingerprint density at radius 3 is 2.02 bits per heavy atom. The Bertz CT molecular complexity index is 1230. The zero-order chi connectivity index (χ0) is 28.3. The van der Waals surface area contributed by atoms with Gasteiger partial charge < -0.3 is 33.3 Å². The molecule has 3 aromatic rings. The molecule has 0 saturated carbocycles. The smallest absolute Gasteiger partial charge is 0.341 e. The second-order valence-electron chi connectivity index (χ2n) is 9.31. The third-order valence-corrected chi connectivity index (χ3v) is 6.88. The molecule has 0 amide bonds. The quantitative estimate of drug-likeness (QED) is 0.223. The maximum absolute atomic E-state index is 12.9. The molecule has 1 aliphatic rings. The van der Waals surface area contributed by atoms with Crippen molar-refractivity contribution in [3.05, 3.63) is 71.8 Å². The Kier molecular flexibility index (Phi) is 10.3. The summed E-state index contributed by atoms with van der Waals surface area (Å²) in [6, 6.07) is 18.8. The number of carbonyl (C=O) groups is 1. The van der Waals surface area contributed by atoms with Crippen molar-refractivity contribution in [2.75, 3.05) is 72.7 Å². The van der Waals surface area contributed by atoms with Gasteiger partial charge in [-0.3, -0.25) is 4.90 Å². The van der Waals surface area contributed by atoms with Gasteiger partial charge in [-0.1, -0.05) is 24.3 Å². The van der Waals surface area contributed by atoms with E-state index in [1.807, 2.05) is 36.4 Å². The molecule has 9 nitrogen and oxygen atoms in total. The Morgan fingerprint density at radius 1 is 0.750 bits per heavy atom. The van der Waals surface area contributed by atoms with Gasteiger partial charge in [-0.25, -0.2) is 4.79 Å². The van der Waals surface area contributed by atoms with E-state index in [1.54, 1.807) is 46.6 Å². The first kappa shape index (κ1) is 28.9. The van der Waals surface area contributed by atoms with Crippen LogP contribution in [0.3, 0.4) is 0 Å². The van der Waals surface area contributed by atoms with E-state index < -0.39 is 5.97 Å². The molecule has 1 saturated heterocycles. The second kappa shape index (κ2) is 14.3. The number of benzene rings is 3. The molecule has 0 N–H and O–H groups in total. The number of methoxy groups -OCH3 is 4. The molecule has 0 atom stereocenters. The lowest BCUT2D eigenvalue weighted by molar-refractivity contribution is 0.0482. The molecule has 1 aliphatic heterocycles. The average Bonchev–Trinajstić information content (AvgIpc) is 3.01. The van der Waals surface area contributed by atoms with E-state index in [0.717, 1.165) is 56.1 Å². The van der Waals surface area contributed by atoms with E-state index in [9.17, 15) is 4.79 Å². The van der Waals surface area contributed by atoms with Crippen LogP contribution in [0.25, 0.3) is 0 Å². The number of rotatable bonds is 13. The summed E-state index contributed by atoms with van der Waals surface area (Å²) >= 11 is 0. The fourth-order valence-corrected chi connectivity index (χ4v) is 4.78. The largest absolute Gasteiger partial charge is 0.495 e. The Labute approximate surface area is 236 Å². The zero-order valence-electron chi connectivity index (χ0n) is 23.7. The summed E-state index contributed by atoms with van der Waals surface area (Å²) in [6.07, 6.45) is 0.759. The predicted octanol–water partition coefficient (Wildman–Crippen LogP) is 4.67. The summed E-state index contributed by atoms with van der Waals surface area (Å²) in [7, 11) is 6.39. The number of piperazine rings is 1. The Balaban J connectivity index is 1.25. The summed E-state index contributed by atoms with van der Waals surface area (Å²) in [6.45, 7) is 5.17. The van der Waals surface area contributed by atoms with Crippen LogP contribution in [0.15, 0.2) is 60.7 Å². The monoisotopic (exact) mass is 550 g/mol. The molecule has 40 heavy (non-hydrogen) atoms. The van der Waals surface area contributed by atoms with Gasteiger partial charge in [0.15, 0.2) is 11.5 Å². The minimum atomic E-state index is -0.401. The van der Waals surface area contributed by atoms with Gasteiger partial charge in [-0.15, -0.1) is 0 Å². The van der Waals surface area contributed by atoms with Crippen LogP contribution in [0, 0.1) is 0 Å². The lowest BCUT2D eigenvalue weighted by Gasteiger charge is -2.36. The summed E-state index contributed by atoms with van der Waals surface area (Å²) in [5.74, 6) is 2.53. The minimum absolute atomic E-state index is 0.210. The maximum Gasteiger partial charge on any atom is 0.341 e. The van der Waals surface area contributed by atoms with Crippen LogP contribution >= 0.6 is 0 Å². The average molecular weight is 551 g/mol. The Hall–Kier alpha value is -4.11. The lowest BCUT2D eigenvalue weighted by Crippen LogP contribution is -2.46. The van der Waals surface area contributed by atoms with Crippen LogP contribution in [0.1, 0.15) is 22.3 Å². The Morgan fingerprint density at radius 2 is 1.38 bits per heavy atom. The highest BCUT2D eigenvalue weighted by Gasteiger charge is 2.20. The molecule has 0 spiro atoms. The van der Waals surface area contributed by atoms with Gasteiger partial charge in [-0.2, -0.15) is 0 Å². The minimum Gasteiger partial charge on any atom is -0.495 e. The van der Waals surface area contributed by atoms with Crippen LogP contribution < -0.4 is 28.6 Å². The van der Waals surface area contributed by atoms with Crippen molar-refractivity contribution < 1.29 is 33.2 Å². The molecular formula is C31H38N2O7. The van der Waals surface area contributed by atoms with Crippen LogP contribution in [-0.2, 0) is 11.3 Å². The summed E-state index contributed by atoms with van der Waals surface area (Å²) in [5, 5.41) is 0. The van der Waals surface area contributed by atoms with Gasteiger partial charge in [0.2, 0.25) is 5.75 Å². The number of nitrogens with zero attached hydrogens (tertiary/aromatic N) is 2. The first-order valence-corrected chi connectivity index (χ1v) is 13.4. The SMILES string of the molecule is COc1ccccc1N1CCN(CCCOC(=O)c2ccccc2OCc2cc(OC)c(OC)c(OC)c2)CC1. The fraction of sp³-hybridized carbons (Fsp3) is 0.387. The van der Waals surface area contributed by atoms with Crippen LogP contribution in [-0.4, -0.2) is 78.6 Å². The molecule has 0 radical (unpaired) electrons. The fourth-order valence-electron chi connectivity index (χ4n) is 4.78. The number of para-hydroxylation sites is 3. The third kappa shape index (κ3) is 7.09. The number of hydrogen-bond acceptors (Lipinski definition) is 9. The van der Waals surface area contributed by atoms with Crippen LogP contribution in [0.4, 0.5) is 5.69 Å². The molecule has 214 valence electrons. The third-order valence-electron chi connectivity index (χ3n) is 6.88. The van der Waals surface area contributed by atoms with Crippen LogP contribution in [0.2, 0.25) is 0 Å². The molecule has 1 fully saturated rings. The zero-order valence-corrected chi connectivity index (χ0v) is 23.7. The molecule has 3 aromatic carbocycles. The van der Waals surface area contributed by atoms with E-state index in [2.05, 4.69) is 15.9 Å². The van der Waals surface area contributed by atoms with E-state index >= 15 is 0 Å². The molecule has 1 heterocycles. The topological polar surface area (TPSA) is 78.9 Å². The highest BCUT2D eigenvalue weighted by atomic mass is 16.5. The van der Waals surface area contributed by atoms with E-state index in [-0.39, 0.29) is 6.61 Å². The first-order chi connectivity index (χ1) is 19.6. The lowest BCUT2D eigenvalue weighted by atomic mass is 10.1. The molecular weight excluding hydrogens is 512 g/mol. The van der Waals surface area contributed by atoms with Crippen molar-refractivity contribution >= 4 is 11.7 Å². The van der Waals surface area contributed by atoms with Crippen molar-refractivity contribution in [1.82, 2.24) is 4.90 Å². The van der Waals surface area contributed by atoms with Gasteiger partial charge in [0.05, 0.1) is 40.7 Å². The van der Waals surface area contributed by atoms with E-state index in [0.29, 0.717) is 35.2 Å². The van der Waals surface area contributed by atoms with Crippen molar-refractivity contribution in [1.29, 1.82) is 0 Å². The maximum atomic E-state index is 12.9. The number of esters is 1. The van der Waals surface area contributed by atoms with Gasteiger partial charge in [-0.05, 0) is 48.4 Å². The number of anilines is 1. The molecule has 0 bridgehead atoms. The molecule has 9 heteroatoms. The molecule has 4 rings (SSSR count). The van der Waals surface area contributed by atoms with Crippen molar-refractivity contribution in [3.8, 4) is 28.7 Å². The molecule has 0 aliphatic carbocycles. The van der Waals surface area contributed by atoms with Gasteiger partial charge in [0.1, 0.15) is 23.7 Å². The van der Waals surface area contributed by atoms with Gasteiger partial charge in [0, 0.05) is 32.7 Å². The number of carbonyl (C=O) groups excluding carboxylic acids is 1. The first-order valence-electron chi connectivity index (χ1n) is 13.4. The second-order valence-corrected chi connectivity index (χ2v) is 9.31. The normalized spacial score (nSPS) is 13.4. The predicted molar refractivity (Wildman–Crippen MR) is 153 cm³/mol. The van der Waals surface area contributed by atoms with Crippen LogP contribution in [0.5, 0.6) is 28.7 Å². The highest BCUT2D eigenvalue weighted by Crippen LogP contribution is 2.38. The van der Waals surface area contributed by atoms with E-state index in [4.69, 9.17) is 28.4 Å². The summed E-state index contributed by atoms with van der Waals surface area (Å²) < 4.78 is 33.3. The molecule has 0 aromatic heterocycles. The van der Waals surface area contributed by atoms with Crippen molar-refractivity contribution in [3.63, 3.8) is 0 Å². The van der Waals surface area contributed by atoms with Gasteiger partial charge in [0.25, 0.3) is 0 Å². The number of hydrogen-bond donors (Lipinski definition) is 0. The van der Waals surface area contributed by atoms with Crippen molar-refractivity contribution in [2.45, 2.75) is 13.0 Å². The van der Waals surface area contributed by atoms with E-state index in [1.165, 1.54) is 0 Å². The number of ether oxygens (including phenoxy) is 6. The summed E-state index contributed by atoms with van der Waals surface area (Å²) in [5.41, 5.74) is 2.33. The highest BCUT2D eigenvalue weighted by molar-refractivity contribution is 5.92. The van der Waals surface area contributed by atoms with Gasteiger partial charge >= 0.3 is 5.97 Å². The summed E-state index contributed by atoms with van der Waals surface area (Å²) in [4.78, 5) is 17.6. The standard InChI is InChI=1S/C31H38N2O7/c1-35-27-13-8-6-11-25(27)33-17-15-32(16-18-33)14-9-19-39-31(34)24-10-5-7-12-26(24)40-22-23-20-28(36-2)30(38-4)29(21-23)37-3/h5-8,10-13,20-21H,9,14-19,22H2,1-4H3.